The van der Waals surface area contributed by atoms with Gasteiger partial charge in [0.05, 0.1) is 30.3 Å². The summed E-state index contributed by atoms with van der Waals surface area (Å²) in [6.45, 7) is 2.02. The summed E-state index contributed by atoms with van der Waals surface area (Å²) < 4.78 is 5.50. The molecule has 0 spiro atoms. The molecule has 3 aliphatic rings. The van der Waals surface area contributed by atoms with Crippen molar-refractivity contribution in [2.75, 3.05) is 32.6 Å². The number of likely N-dealkylation sites (tertiary alicyclic amines) is 1. The molecule has 33 heavy (non-hydrogen) atoms. The zero-order valence-corrected chi connectivity index (χ0v) is 19.3. The fraction of sp³-hybridized carbons (Fsp3) is 0.462. The number of amides is 2. The van der Waals surface area contributed by atoms with E-state index in [-0.39, 0.29) is 18.1 Å². The lowest BCUT2D eigenvalue weighted by Gasteiger charge is -2.57. The number of hydrogen-bond acceptors (Lipinski definition) is 5. The molecule has 172 valence electrons. The molecule has 7 nitrogen and oxygen atoms in total. The maximum atomic E-state index is 13.4. The van der Waals surface area contributed by atoms with Gasteiger partial charge in [-0.2, -0.15) is 5.26 Å². The molecular weight excluding hydrogens is 414 g/mol. The Labute approximate surface area is 195 Å². The number of nitrogens with two attached hydrogens (primary N) is 1. The van der Waals surface area contributed by atoms with E-state index >= 15 is 0 Å². The molecule has 2 aliphatic carbocycles. The van der Waals surface area contributed by atoms with Crippen LogP contribution in [-0.2, 0) is 12.0 Å². The van der Waals surface area contributed by atoms with Crippen molar-refractivity contribution in [1.29, 1.82) is 5.26 Å². The van der Waals surface area contributed by atoms with Gasteiger partial charge in [0, 0.05) is 31.9 Å². The third kappa shape index (κ3) is 3.94. The Morgan fingerprint density at radius 1 is 1.30 bits per heavy atom. The second kappa shape index (κ2) is 8.36. The first kappa shape index (κ1) is 21.7. The van der Waals surface area contributed by atoms with Crippen LogP contribution in [0.1, 0.15) is 36.0 Å². The molecule has 2 amide bonds. The van der Waals surface area contributed by atoms with Crippen molar-refractivity contribution in [2.45, 2.75) is 43.3 Å². The molecule has 1 unspecified atom stereocenters. The number of anilines is 1. The molecule has 2 aromatic rings. The first-order chi connectivity index (χ1) is 15.9. The summed E-state index contributed by atoms with van der Waals surface area (Å²) in [7, 11) is 3.52. The molecule has 2 aromatic carbocycles. The van der Waals surface area contributed by atoms with Gasteiger partial charge in [-0.25, -0.2) is 4.79 Å². The second-order valence-corrected chi connectivity index (χ2v) is 9.70. The number of fused-ring (bicyclic) bond motifs is 4. The van der Waals surface area contributed by atoms with Gasteiger partial charge >= 0.3 is 6.03 Å². The lowest BCUT2D eigenvalue weighted by atomic mass is 9.66. The molecule has 1 heterocycles. The van der Waals surface area contributed by atoms with Crippen LogP contribution in [0.3, 0.4) is 0 Å². The van der Waals surface area contributed by atoms with E-state index < -0.39 is 5.54 Å². The Balaban J connectivity index is 1.47. The molecule has 0 aromatic heterocycles. The molecule has 3 N–H and O–H groups in total. The number of ether oxygens (including phenoxy) is 1. The molecular formula is C26H31N5O2. The van der Waals surface area contributed by atoms with Crippen molar-refractivity contribution in [3.63, 3.8) is 0 Å². The van der Waals surface area contributed by atoms with E-state index in [9.17, 15) is 4.79 Å². The van der Waals surface area contributed by atoms with E-state index in [1.165, 1.54) is 18.4 Å². The molecule has 2 bridgehead atoms. The van der Waals surface area contributed by atoms with Gasteiger partial charge in [0.15, 0.2) is 0 Å². The quantitative estimate of drug-likeness (QED) is 0.736. The molecule has 7 heteroatoms. The van der Waals surface area contributed by atoms with Gasteiger partial charge in [-0.3, -0.25) is 4.90 Å². The largest absolute Gasteiger partial charge is 0.497 e. The van der Waals surface area contributed by atoms with E-state index in [4.69, 9.17) is 15.7 Å². The Morgan fingerprint density at radius 2 is 2.06 bits per heavy atom. The maximum absolute atomic E-state index is 13.4. The van der Waals surface area contributed by atoms with Gasteiger partial charge in [0.25, 0.3) is 0 Å². The molecule has 1 saturated carbocycles. The van der Waals surface area contributed by atoms with Crippen LogP contribution in [0.4, 0.5) is 10.5 Å². The van der Waals surface area contributed by atoms with Crippen molar-refractivity contribution in [2.24, 2.45) is 11.7 Å². The lowest BCUT2D eigenvalue weighted by molar-refractivity contribution is -0.000462. The summed E-state index contributed by atoms with van der Waals surface area (Å²) in [6, 6.07) is 15.0. The topological polar surface area (TPSA) is 94.6 Å². The minimum Gasteiger partial charge on any atom is -0.497 e. The van der Waals surface area contributed by atoms with Gasteiger partial charge in [0.2, 0.25) is 0 Å². The number of benzene rings is 2. The third-order valence-electron chi connectivity index (χ3n) is 7.61. The number of rotatable bonds is 5. The Hall–Kier alpha value is -3.08. The number of carbonyl (C=O) groups excluding carboxylic acids is 1. The van der Waals surface area contributed by atoms with Crippen LogP contribution >= 0.6 is 0 Å². The average Bonchev–Trinajstić information content (AvgIpc) is 3.65. The maximum Gasteiger partial charge on any atom is 0.321 e. The first-order valence-electron chi connectivity index (χ1n) is 11.7. The number of methoxy groups -OCH3 is 1. The Morgan fingerprint density at radius 3 is 2.73 bits per heavy atom. The number of nitrogens with zero attached hydrogens (tertiary/aromatic N) is 3. The summed E-state index contributed by atoms with van der Waals surface area (Å²) in [6.07, 6.45) is 4.24. The minimum absolute atomic E-state index is 0.164. The van der Waals surface area contributed by atoms with E-state index in [1.54, 1.807) is 36.3 Å². The van der Waals surface area contributed by atoms with E-state index in [1.807, 2.05) is 13.1 Å². The summed E-state index contributed by atoms with van der Waals surface area (Å²) in [5, 5.41) is 12.0. The van der Waals surface area contributed by atoms with Crippen molar-refractivity contribution in [3.05, 3.63) is 59.2 Å². The number of hydrogen-bond donors (Lipinski definition) is 2. The van der Waals surface area contributed by atoms with Crippen molar-refractivity contribution >= 4 is 11.7 Å². The van der Waals surface area contributed by atoms with Crippen molar-refractivity contribution < 1.29 is 9.53 Å². The first-order valence-corrected chi connectivity index (χ1v) is 11.7. The Kier molecular flexibility index (Phi) is 5.51. The predicted molar refractivity (Wildman–Crippen MR) is 127 cm³/mol. The highest BCUT2D eigenvalue weighted by Crippen LogP contribution is 2.46. The van der Waals surface area contributed by atoms with Crippen LogP contribution in [0.2, 0.25) is 0 Å². The molecule has 3 atom stereocenters. The number of carbonyl (C=O) groups is 1. The summed E-state index contributed by atoms with van der Waals surface area (Å²) in [5.74, 6) is 1.56. The fourth-order valence-corrected chi connectivity index (χ4v) is 5.67. The number of piperidine rings is 1. The van der Waals surface area contributed by atoms with Gasteiger partial charge in [0.1, 0.15) is 5.75 Å². The highest BCUT2D eigenvalue weighted by atomic mass is 16.5. The van der Waals surface area contributed by atoms with Crippen LogP contribution in [0.5, 0.6) is 5.75 Å². The van der Waals surface area contributed by atoms with Crippen molar-refractivity contribution in [3.8, 4) is 11.8 Å². The second-order valence-electron chi connectivity index (χ2n) is 9.70. The normalized spacial score (nSPS) is 26.1. The molecule has 1 aliphatic heterocycles. The van der Waals surface area contributed by atoms with Crippen LogP contribution < -0.4 is 15.8 Å². The zero-order valence-electron chi connectivity index (χ0n) is 19.3. The summed E-state index contributed by atoms with van der Waals surface area (Å²) >= 11 is 0. The lowest BCUT2D eigenvalue weighted by Crippen LogP contribution is -2.72. The van der Waals surface area contributed by atoms with Gasteiger partial charge in [-0.15, -0.1) is 0 Å². The van der Waals surface area contributed by atoms with E-state index in [0.717, 1.165) is 43.2 Å². The monoisotopic (exact) mass is 445 g/mol. The standard InChI is InChI=1S/C26H31N5O2/c1-30(25(32)29-20-8-5-17(15-27)6-9-20)24-23-13-19-7-10-21(33-2)14-22(19)26(24,28)11-12-31(23)16-18-3-4-18/h5-10,14,18,23-24H,3-4,11-13,16,28H2,1-2H3,(H,29,32)/t23?,24-,26+/m1/s1. The minimum atomic E-state index is -0.649. The van der Waals surface area contributed by atoms with Gasteiger partial charge in [-0.05, 0) is 79.1 Å². The van der Waals surface area contributed by atoms with Gasteiger partial charge in [-0.1, -0.05) is 6.07 Å². The Bertz CT molecular complexity index is 1090. The summed E-state index contributed by atoms with van der Waals surface area (Å²) in [5.41, 5.74) is 10.1. The highest BCUT2D eigenvalue weighted by molar-refractivity contribution is 5.89. The number of nitriles is 1. The van der Waals surface area contributed by atoms with Crippen molar-refractivity contribution in [1.82, 2.24) is 9.80 Å². The predicted octanol–water partition coefficient (Wildman–Crippen LogP) is 3.29. The molecule has 0 radical (unpaired) electrons. The smallest absolute Gasteiger partial charge is 0.321 e. The van der Waals surface area contributed by atoms with Gasteiger partial charge < -0.3 is 20.7 Å². The van der Waals surface area contributed by atoms with Crippen LogP contribution in [0.15, 0.2) is 42.5 Å². The molecule has 1 saturated heterocycles. The number of urea groups is 1. The van der Waals surface area contributed by atoms with Crippen LogP contribution in [0, 0.1) is 17.2 Å². The molecule has 2 fully saturated rings. The zero-order chi connectivity index (χ0) is 23.2. The third-order valence-corrected chi connectivity index (χ3v) is 7.61. The number of nitrogens with one attached hydrogen (secondary N) is 1. The van der Waals surface area contributed by atoms with E-state index in [2.05, 4.69) is 28.4 Å². The summed E-state index contributed by atoms with van der Waals surface area (Å²) in [4.78, 5) is 17.7. The van der Waals surface area contributed by atoms with E-state index in [0.29, 0.717) is 11.3 Å². The van der Waals surface area contributed by atoms with Crippen LogP contribution in [0.25, 0.3) is 0 Å². The highest BCUT2D eigenvalue weighted by Gasteiger charge is 2.54. The average molecular weight is 446 g/mol. The fourth-order valence-electron chi connectivity index (χ4n) is 5.67. The molecule has 5 rings (SSSR count). The van der Waals surface area contributed by atoms with Crippen LogP contribution in [-0.4, -0.2) is 55.2 Å². The number of likely N-dealkylation sites (N-methyl/N-ethyl adjacent to an activating group) is 1. The SMILES string of the molecule is COc1ccc2c(c1)[C@@]1(N)CCN(CC3CC3)C(C2)[C@H]1N(C)C(=O)Nc1ccc(C#N)cc1.